The Kier molecular flexibility index (Phi) is 15.2. The molecule has 0 aliphatic heterocycles. The summed E-state index contributed by atoms with van der Waals surface area (Å²) in [5, 5.41) is 0. The molecule has 0 N–H and O–H groups in total. The molecule has 1 aliphatic rings. The van der Waals surface area contributed by atoms with Crippen molar-refractivity contribution in [3.8, 4) is 0 Å². The molecule has 0 unspecified atom stereocenters. The van der Waals surface area contributed by atoms with Crippen LogP contribution in [0.4, 0.5) is 0 Å². The van der Waals surface area contributed by atoms with Crippen LogP contribution in [-0.4, -0.2) is 12.6 Å². The fourth-order valence-corrected chi connectivity index (χ4v) is 3.93. The van der Waals surface area contributed by atoms with Gasteiger partial charge in [-0.25, -0.2) is 0 Å². The topological polar surface area (TPSA) is 26.3 Å². The van der Waals surface area contributed by atoms with Gasteiger partial charge in [0, 0.05) is 0 Å². The lowest BCUT2D eigenvalue weighted by Crippen LogP contribution is -2.15. The number of hydrogen-bond donors (Lipinski definition) is 0. The number of esters is 1. The van der Waals surface area contributed by atoms with Crippen LogP contribution < -0.4 is 0 Å². The van der Waals surface area contributed by atoms with Crippen LogP contribution in [0, 0.1) is 5.92 Å². The molecule has 0 aromatic carbocycles. The van der Waals surface area contributed by atoms with E-state index < -0.39 is 0 Å². The van der Waals surface area contributed by atoms with E-state index in [1.165, 1.54) is 103 Å². The van der Waals surface area contributed by atoms with Crippen molar-refractivity contribution in [3.63, 3.8) is 0 Å². The monoisotopic (exact) mass is 352 g/mol. The quantitative estimate of drug-likeness (QED) is 0.199. The Morgan fingerprint density at radius 2 is 1.08 bits per heavy atom. The van der Waals surface area contributed by atoms with Gasteiger partial charge in [-0.2, -0.15) is 0 Å². The van der Waals surface area contributed by atoms with Gasteiger partial charge in [-0.05, 0) is 19.3 Å². The molecule has 1 saturated carbocycles. The van der Waals surface area contributed by atoms with Gasteiger partial charge in [-0.1, -0.05) is 110 Å². The van der Waals surface area contributed by atoms with E-state index in [0.29, 0.717) is 6.61 Å². The van der Waals surface area contributed by atoms with E-state index in [1.54, 1.807) is 0 Å². The van der Waals surface area contributed by atoms with Crippen molar-refractivity contribution in [2.75, 3.05) is 6.61 Å². The van der Waals surface area contributed by atoms with Crippen LogP contribution >= 0.6 is 0 Å². The van der Waals surface area contributed by atoms with Gasteiger partial charge in [0.1, 0.15) is 0 Å². The largest absolute Gasteiger partial charge is 0.465 e. The number of unbranched alkanes of at least 4 members (excludes halogenated alkanes) is 14. The minimum absolute atomic E-state index is 0.0721. The zero-order chi connectivity index (χ0) is 18.0. The summed E-state index contributed by atoms with van der Waals surface area (Å²) < 4.78 is 5.40. The highest BCUT2D eigenvalue weighted by molar-refractivity contribution is 5.72. The van der Waals surface area contributed by atoms with Crippen LogP contribution in [0.5, 0.6) is 0 Å². The lowest BCUT2D eigenvalue weighted by atomic mass is 10.0. The summed E-state index contributed by atoms with van der Waals surface area (Å²) in [7, 11) is 0. The van der Waals surface area contributed by atoms with Gasteiger partial charge >= 0.3 is 5.97 Å². The van der Waals surface area contributed by atoms with Gasteiger partial charge in [0.05, 0.1) is 12.5 Å². The number of carbonyl (C=O) groups is 1. The molecule has 0 heterocycles. The molecule has 1 rings (SSSR count). The van der Waals surface area contributed by atoms with Crippen LogP contribution in [0.15, 0.2) is 0 Å². The predicted molar refractivity (Wildman–Crippen MR) is 108 cm³/mol. The Hall–Kier alpha value is -0.530. The molecule has 1 aliphatic carbocycles. The van der Waals surface area contributed by atoms with Crippen LogP contribution in [0.1, 0.15) is 129 Å². The maximum atomic E-state index is 11.8. The highest BCUT2D eigenvalue weighted by Gasteiger charge is 2.23. The fourth-order valence-electron chi connectivity index (χ4n) is 3.93. The SMILES string of the molecule is CCCCCCCCCCCCCCCCCOC(=O)C1CCCC1. The highest BCUT2D eigenvalue weighted by atomic mass is 16.5. The molecule has 148 valence electrons. The first kappa shape index (κ1) is 22.5. The zero-order valence-corrected chi connectivity index (χ0v) is 17.0. The summed E-state index contributed by atoms with van der Waals surface area (Å²) >= 11 is 0. The third-order valence-electron chi connectivity index (χ3n) is 5.68. The molecule has 0 bridgehead atoms. The van der Waals surface area contributed by atoms with Crippen molar-refractivity contribution < 1.29 is 9.53 Å². The maximum absolute atomic E-state index is 11.8. The third-order valence-corrected chi connectivity index (χ3v) is 5.68. The second-order valence-electron chi connectivity index (χ2n) is 8.10. The summed E-state index contributed by atoms with van der Waals surface area (Å²) in [5.41, 5.74) is 0. The summed E-state index contributed by atoms with van der Waals surface area (Å²) in [5.74, 6) is 0.291. The molecule has 2 nitrogen and oxygen atoms in total. The van der Waals surface area contributed by atoms with Gasteiger partial charge in [0.2, 0.25) is 0 Å². The van der Waals surface area contributed by atoms with Crippen molar-refractivity contribution in [2.45, 2.75) is 129 Å². The van der Waals surface area contributed by atoms with E-state index in [0.717, 1.165) is 19.3 Å². The van der Waals surface area contributed by atoms with Gasteiger partial charge in [0.25, 0.3) is 0 Å². The van der Waals surface area contributed by atoms with Crippen LogP contribution in [-0.2, 0) is 9.53 Å². The van der Waals surface area contributed by atoms with Gasteiger partial charge in [-0.15, -0.1) is 0 Å². The van der Waals surface area contributed by atoms with Gasteiger partial charge in [-0.3, -0.25) is 4.79 Å². The van der Waals surface area contributed by atoms with E-state index in [-0.39, 0.29) is 11.9 Å². The third kappa shape index (κ3) is 13.3. The Morgan fingerprint density at radius 3 is 1.52 bits per heavy atom. The number of carbonyl (C=O) groups excluding carboxylic acids is 1. The summed E-state index contributed by atoms with van der Waals surface area (Å²) in [4.78, 5) is 11.8. The molecule has 0 aromatic heterocycles. The fraction of sp³-hybridized carbons (Fsp3) is 0.957. The molecule has 0 spiro atoms. The number of rotatable bonds is 17. The first-order valence-corrected chi connectivity index (χ1v) is 11.5. The first-order chi connectivity index (χ1) is 12.3. The minimum Gasteiger partial charge on any atom is -0.465 e. The molecular weight excluding hydrogens is 308 g/mol. The standard InChI is InChI=1S/C23H44O2/c1-2-3-4-5-6-7-8-9-10-11-12-13-14-15-18-21-25-23(24)22-19-16-17-20-22/h22H,2-21H2,1H3. The lowest BCUT2D eigenvalue weighted by molar-refractivity contribution is -0.148. The van der Waals surface area contributed by atoms with E-state index in [2.05, 4.69) is 6.92 Å². The molecule has 2 heteroatoms. The Balaban J connectivity index is 1.70. The zero-order valence-electron chi connectivity index (χ0n) is 17.0. The van der Waals surface area contributed by atoms with Gasteiger partial charge < -0.3 is 4.74 Å². The lowest BCUT2D eigenvalue weighted by Gasteiger charge is -2.09. The second-order valence-corrected chi connectivity index (χ2v) is 8.10. The maximum Gasteiger partial charge on any atom is 0.308 e. The number of hydrogen-bond acceptors (Lipinski definition) is 2. The van der Waals surface area contributed by atoms with Crippen molar-refractivity contribution in [1.82, 2.24) is 0 Å². The highest BCUT2D eigenvalue weighted by Crippen LogP contribution is 2.25. The molecule has 0 radical (unpaired) electrons. The molecule has 0 atom stereocenters. The smallest absolute Gasteiger partial charge is 0.308 e. The molecule has 0 amide bonds. The Morgan fingerprint density at radius 1 is 0.680 bits per heavy atom. The average Bonchev–Trinajstić information content (AvgIpc) is 3.16. The minimum atomic E-state index is 0.0721. The molecule has 0 aromatic rings. The van der Waals surface area contributed by atoms with Crippen molar-refractivity contribution in [2.24, 2.45) is 5.92 Å². The normalized spacial score (nSPS) is 14.9. The van der Waals surface area contributed by atoms with Crippen molar-refractivity contribution in [3.05, 3.63) is 0 Å². The second kappa shape index (κ2) is 16.9. The first-order valence-electron chi connectivity index (χ1n) is 11.5. The van der Waals surface area contributed by atoms with Crippen molar-refractivity contribution >= 4 is 5.97 Å². The van der Waals surface area contributed by atoms with E-state index in [9.17, 15) is 4.79 Å². The number of ether oxygens (including phenoxy) is 1. The molecule has 1 fully saturated rings. The molecular formula is C23H44O2. The Labute approximate surface area is 157 Å². The summed E-state index contributed by atoms with van der Waals surface area (Å²) in [6.45, 7) is 2.93. The van der Waals surface area contributed by atoms with Gasteiger partial charge in [0.15, 0.2) is 0 Å². The van der Waals surface area contributed by atoms with Crippen LogP contribution in [0.3, 0.4) is 0 Å². The van der Waals surface area contributed by atoms with Crippen LogP contribution in [0.2, 0.25) is 0 Å². The van der Waals surface area contributed by atoms with Crippen LogP contribution in [0.25, 0.3) is 0 Å². The average molecular weight is 353 g/mol. The summed E-state index contributed by atoms with van der Waals surface area (Å²) in [6, 6.07) is 0. The molecule has 0 saturated heterocycles. The molecule has 25 heavy (non-hydrogen) atoms. The Bertz CT molecular complexity index is 294. The summed E-state index contributed by atoms with van der Waals surface area (Å²) in [6.07, 6.45) is 25.1. The van der Waals surface area contributed by atoms with E-state index in [1.807, 2.05) is 0 Å². The van der Waals surface area contributed by atoms with Crippen molar-refractivity contribution in [1.29, 1.82) is 0 Å². The van der Waals surface area contributed by atoms with E-state index in [4.69, 9.17) is 4.74 Å². The predicted octanol–water partition coefficient (Wildman–Crippen LogP) is 7.59. The van der Waals surface area contributed by atoms with E-state index >= 15 is 0 Å².